The number of hydrogen-bond donors (Lipinski definition) is 0. The number of phosphoric acid groups is 1. The maximum absolute atomic E-state index is 12.9. The molecule has 0 aliphatic rings. The summed E-state index contributed by atoms with van der Waals surface area (Å²) in [7, 11) is 1.19. The summed E-state index contributed by atoms with van der Waals surface area (Å²) in [5.74, 6) is -0.810. The molecule has 0 heterocycles. The second kappa shape index (κ2) is 64.7. The molecule has 0 spiro atoms. The van der Waals surface area contributed by atoms with E-state index in [1.807, 2.05) is 21.1 Å². The fourth-order valence-corrected chi connectivity index (χ4v) is 11.6. The standard InChI is InChI=1S/C73H140NO8P/c1-6-8-10-12-14-16-18-20-22-24-26-28-30-32-34-35-36-37-38-39-40-42-44-46-48-50-52-54-56-58-60-62-64-66-73(76)82-71(70-81-83(77,78)80-68-67-74(3,4)5)69-79-72(75)65-63-61-59-57-55-53-51-49-47-45-43-41-33-31-29-27-25-23-21-19-17-15-13-11-9-7-2/h18,20,24,26,30,32,71H,6-17,19,21-23,25,27-29,31,33-70H2,1-5H3/b20-18-,26-24-,32-30-. The Kier molecular flexibility index (Phi) is 63.3. The molecule has 83 heavy (non-hydrogen) atoms. The lowest BCUT2D eigenvalue weighted by Crippen LogP contribution is -2.37. The van der Waals surface area contributed by atoms with Gasteiger partial charge in [0, 0.05) is 12.8 Å². The van der Waals surface area contributed by atoms with E-state index < -0.39 is 26.5 Å². The van der Waals surface area contributed by atoms with Gasteiger partial charge in [-0.2, -0.15) is 0 Å². The first-order chi connectivity index (χ1) is 40.5. The Morgan fingerprint density at radius 2 is 0.651 bits per heavy atom. The molecule has 0 aromatic heterocycles. The average Bonchev–Trinajstić information content (AvgIpc) is 3.48. The Morgan fingerprint density at radius 1 is 0.373 bits per heavy atom. The SMILES string of the molecule is CCCCCCC/C=C\C/C=C\C/C=C\CCCCCCCCCCCCCCCCCCCCC(=O)OC(COC(=O)CCCCCCCCCCCCCCCCCCCCCCCCCCCC)COP(=O)([O-])OCC[N+](C)(C)C. The fourth-order valence-electron chi connectivity index (χ4n) is 10.8. The highest BCUT2D eigenvalue weighted by Gasteiger charge is 2.22. The highest BCUT2D eigenvalue weighted by molar-refractivity contribution is 7.45. The Hall–Kier alpha value is -1.77. The van der Waals surface area contributed by atoms with E-state index in [4.69, 9.17) is 18.5 Å². The van der Waals surface area contributed by atoms with Crippen molar-refractivity contribution in [1.82, 2.24) is 0 Å². The number of nitrogens with zero attached hydrogens (tertiary/aromatic N) is 1. The van der Waals surface area contributed by atoms with E-state index in [1.54, 1.807) is 0 Å². The highest BCUT2D eigenvalue weighted by Crippen LogP contribution is 2.38. The molecule has 0 amide bonds. The zero-order valence-electron chi connectivity index (χ0n) is 55.9. The number of rotatable bonds is 68. The first-order valence-electron chi connectivity index (χ1n) is 36.2. The first kappa shape index (κ1) is 81.2. The largest absolute Gasteiger partial charge is 0.756 e. The highest BCUT2D eigenvalue weighted by atomic mass is 31.2. The van der Waals surface area contributed by atoms with Crippen molar-refractivity contribution < 1.29 is 42.1 Å². The molecular formula is C73H140NO8P. The molecule has 0 fully saturated rings. The van der Waals surface area contributed by atoms with Crippen molar-refractivity contribution in [2.45, 2.75) is 373 Å². The number of phosphoric ester groups is 1. The molecule has 0 aliphatic heterocycles. The number of carbonyl (C=O) groups excluding carboxylic acids is 2. The molecule has 0 aromatic carbocycles. The summed E-state index contributed by atoms with van der Waals surface area (Å²) in [6, 6.07) is 0. The van der Waals surface area contributed by atoms with Crippen LogP contribution in [-0.2, 0) is 32.7 Å². The minimum Gasteiger partial charge on any atom is -0.756 e. The summed E-state index contributed by atoms with van der Waals surface area (Å²) < 4.78 is 34.4. The predicted molar refractivity (Wildman–Crippen MR) is 356 cm³/mol. The van der Waals surface area contributed by atoms with Crippen LogP contribution in [0.5, 0.6) is 0 Å². The van der Waals surface area contributed by atoms with Crippen LogP contribution in [0.15, 0.2) is 36.5 Å². The molecule has 490 valence electrons. The van der Waals surface area contributed by atoms with Gasteiger partial charge in [-0.05, 0) is 51.4 Å². The zero-order valence-corrected chi connectivity index (χ0v) is 56.8. The summed E-state index contributed by atoms with van der Waals surface area (Å²) in [6.07, 6.45) is 82.4. The lowest BCUT2D eigenvalue weighted by atomic mass is 10.0. The van der Waals surface area contributed by atoms with Gasteiger partial charge in [0.05, 0.1) is 27.7 Å². The van der Waals surface area contributed by atoms with Crippen LogP contribution >= 0.6 is 7.82 Å². The van der Waals surface area contributed by atoms with Crippen molar-refractivity contribution in [3.8, 4) is 0 Å². The molecule has 2 atom stereocenters. The Balaban J connectivity index is 3.98. The van der Waals surface area contributed by atoms with E-state index >= 15 is 0 Å². The normalized spacial score (nSPS) is 13.3. The first-order valence-corrected chi connectivity index (χ1v) is 37.7. The summed E-state index contributed by atoms with van der Waals surface area (Å²) in [6.45, 7) is 4.30. The summed E-state index contributed by atoms with van der Waals surface area (Å²) in [4.78, 5) is 38.1. The van der Waals surface area contributed by atoms with E-state index in [9.17, 15) is 19.0 Å². The van der Waals surface area contributed by atoms with Crippen molar-refractivity contribution in [2.75, 3.05) is 47.5 Å². The summed E-state index contributed by atoms with van der Waals surface area (Å²) in [5.41, 5.74) is 0. The number of hydrogen-bond acceptors (Lipinski definition) is 8. The molecule has 0 saturated carbocycles. The number of unbranched alkanes of at least 4 members (excludes halogenated alkanes) is 48. The molecule has 9 nitrogen and oxygen atoms in total. The second-order valence-corrected chi connectivity index (χ2v) is 27.4. The number of ether oxygens (including phenoxy) is 2. The quantitative estimate of drug-likeness (QED) is 0.0195. The molecule has 0 radical (unpaired) electrons. The second-order valence-electron chi connectivity index (χ2n) is 26.0. The third kappa shape index (κ3) is 69.2. The van der Waals surface area contributed by atoms with Crippen LogP contribution in [0.1, 0.15) is 367 Å². The van der Waals surface area contributed by atoms with E-state index in [0.717, 1.165) is 44.9 Å². The summed E-state index contributed by atoms with van der Waals surface area (Å²) >= 11 is 0. The van der Waals surface area contributed by atoms with Crippen LogP contribution in [0.4, 0.5) is 0 Å². The van der Waals surface area contributed by atoms with Crippen LogP contribution in [-0.4, -0.2) is 70.0 Å². The molecule has 0 rings (SSSR count). The molecular weight excluding hydrogens is 1050 g/mol. The Labute approximate surface area is 516 Å². The third-order valence-corrected chi connectivity index (χ3v) is 17.4. The van der Waals surface area contributed by atoms with Gasteiger partial charge < -0.3 is 27.9 Å². The van der Waals surface area contributed by atoms with Crippen LogP contribution in [0.2, 0.25) is 0 Å². The average molecular weight is 1190 g/mol. The van der Waals surface area contributed by atoms with Gasteiger partial charge in [-0.25, -0.2) is 0 Å². The van der Waals surface area contributed by atoms with Gasteiger partial charge in [-0.15, -0.1) is 0 Å². The van der Waals surface area contributed by atoms with E-state index in [-0.39, 0.29) is 32.0 Å². The maximum Gasteiger partial charge on any atom is 0.306 e. The van der Waals surface area contributed by atoms with Crippen molar-refractivity contribution in [2.24, 2.45) is 0 Å². The van der Waals surface area contributed by atoms with Crippen molar-refractivity contribution >= 4 is 19.8 Å². The lowest BCUT2D eigenvalue weighted by Gasteiger charge is -2.28. The Morgan fingerprint density at radius 3 is 0.964 bits per heavy atom. The number of allylic oxidation sites excluding steroid dienone is 6. The van der Waals surface area contributed by atoms with Crippen LogP contribution in [0.3, 0.4) is 0 Å². The van der Waals surface area contributed by atoms with E-state index in [1.165, 1.54) is 289 Å². The molecule has 2 unspecified atom stereocenters. The molecule has 0 N–H and O–H groups in total. The Bertz CT molecular complexity index is 1490. The molecule has 0 aliphatic carbocycles. The van der Waals surface area contributed by atoms with Gasteiger partial charge >= 0.3 is 11.9 Å². The minimum atomic E-state index is -4.64. The predicted octanol–water partition coefficient (Wildman–Crippen LogP) is 22.8. The fraction of sp³-hybridized carbons (Fsp3) is 0.890. The summed E-state index contributed by atoms with van der Waals surface area (Å²) in [5, 5.41) is 0. The van der Waals surface area contributed by atoms with E-state index in [2.05, 4.69) is 50.3 Å². The van der Waals surface area contributed by atoms with Gasteiger partial charge in [0.1, 0.15) is 19.8 Å². The number of likely N-dealkylation sites (N-methyl/N-ethyl adjacent to an activating group) is 1. The minimum absolute atomic E-state index is 0.0276. The number of esters is 2. The van der Waals surface area contributed by atoms with Gasteiger partial charge in [0.15, 0.2) is 6.10 Å². The number of carbonyl (C=O) groups is 2. The monoisotopic (exact) mass is 1190 g/mol. The van der Waals surface area contributed by atoms with Crippen molar-refractivity contribution in [3.63, 3.8) is 0 Å². The van der Waals surface area contributed by atoms with Gasteiger partial charge in [0.2, 0.25) is 0 Å². The van der Waals surface area contributed by atoms with Crippen LogP contribution < -0.4 is 4.89 Å². The van der Waals surface area contributed by atoms with Crippen molar-refractivity contribution in [1.29, 1.82) is 0 Å². The van der Waals surface area contributed by atoms with Crippen LogP contribution in [0, 0.1) is 0 Å². The van der Waals surface area contributed by atoms with Gasteiger partial charge in [-0.1, -0.05) is 339 Å². The maximum atomic E-state index is 12.9. The topological polar surface area (TPSA) is 111 Å². The van der Waals surface area contributed by atoms with E-state index in [0.29, 0.717) is 17.4 Å². The number of quaternary nitrogens is 1. The molecule has 0 aromatic rings. The van der Waals surface area contributed by atoms with Crippen LogP contribution in [0.25, 0.3) is 0 Å². The van der Waals surface area contributed by atoms with Gasteiger partial charge in [-0.3, -0.25) is 14.2 Å². The van der Waals surface area contributed by atoms with Crippen molar-refractivity contribution in [3.05, 3.63) is 36.5 Å². The molecule has 10 heteroatoms. The molecule has 0 bridgehead atoms. The molecule has 0 saturated heterocycles. The third-order valence-electron chi connectivity index (χ3n) is 16.4. The van der Waals surface area contributed by atoms with Gasteiger partial charge in [0.25, 0.3) is 7.82 Å². The smallest absolute Gasteiger partial charge is 0.306 e. The lowest BCUT2D eigenvalue weighted by molar-refractivity contribution is -0.870. The zero-order chi connectivity index (χ0) is 60.5.